The highest BCUT2D eigenvalue weighted by Gasteiger charge is 2.48. The summed E-state index contributed by atoms with van der Waals surface area (Å²) in [7, 11) is 2.34. The highest BCUT2D eigenvalue weighted by atomic mass is 19.4. The maximum atomic E-state index is 12.1. The second-order valence-electron chi connectivity index (χ2n) is 2.82. The lowest BCUT2D eigenvalue weighted by Crippen LogP contribution is -2.42. The maximum Gasteiger partial charge on any atom is 0.407 e. The SMILES string of the molecule is CC(=O)C(C(=O)N(C)C)C(F)(F)F. The average molecular weight is 197 g/mol. The van der Waals surface area contributed by atoms with Gasteiger partial charge in [-0.25, -0.2) is 0 Å². The highest BCUT2D eigenvalue weighted by Crippen LogP contribution is 2.28. The molecule has 0 aromatic heterocycles. The predicted molar refractivity (Wildman–Crippen MR) is 38.9 cm³/mol. The summed E-state index contributed by atoms with van der Waals surface area (Å²) in [5, 5.41) is 0. The Labute approximate surface area is 73.5 Å². The molecular formula is C7H10F3NO2. The predicted octanol–water partition coefficient (Wildman–Crippen LogP) is 0.842. The van der Waals surface area contributed by atoms with Crippen molar-refractivity contribution in [2.75, 3.05) is 14.1 Å². The minimum absolute atomic E-state index is 0.750. The van der Waals surface area contributed by atoms with Gasteiger partial charge in [-0.2, -0.15) is 13.2 Å². The first-order valence-corrected chi connectivity index (χ1v) is 3.46. The van der Waals surface area contributed by atoms with E-state index < -0.39 is 23.8 Å². The Morgan fingerprint density at radius 1 is 1.23 bits per heavy atom. The number of hydrogen-bond donors (Lipinski definition) is 0. The van der Waals surface area contributed by atoms with Crippen LogP contribution in [0.25, 0.3) is 0 Å². The number of hydrogen-bond acceptors (Lipinski definition) is 2. The Morgan fingerprint density at radius 3 is 1.69 bits per heavy atom. The van der Waals surface area contributed by atoms with Gasteiger partial charge in [0.15, 0.2) is 11.7 Å². The third-order valence-corrected chi connectivity index (χ3v) is 1.42. The summed E-state index contributed by atoms with van der Waals surface area (Å²) in [4.78, 5) is 22.2. The van der Waals surface area contributed by atoms with Gasteiger partial charge in [0.25, 0.3) is 0 Å². The van der Waals surface area contributed by atoms with Crippen molar-refractivity contribution in [1.29, 1.82) is 0 Å². The molecule has 6 heteroatoms. The quantitative estimate of drug-likeness (QED) is 0.615. The summed E-state index contributed by atoms with van der Waals surface area (Å²) in [5.41, 5.74) is 0. The lowest BCUT2D eigenvalue weighted by Gasteiger charge is -2.20. The summed E-state index contributed by atoms with van der Waals surface area (Å²) in [6.07, 6.45) is -4.80. The van der Waals surface area contributed by atoms with Crippen LogP contribution in [-0.2, 0) is 9.59 Å². The molecule has 0 fully saturated rings. The van der Waals surface area contributed by atoms with Gasteiger partial charge in [0.2, 0.25) is 5.91 Å². The first kappa shape index (κ1) is 11.9. The molecule has 0 saturated heterocycles. The summed E-state index contributed by atoms with van der Waals surface area (Å²) in [6.45, 7) is 0.750. The molecule has 76 valence electrons. The van der Waals surface area contributed by atoms with Crippen LogP contribution in [0, 0.1) is 5.92 Å². The van der Waals surface area contributed by atoms with Gasteiger partial charge in [-0.1, -0.05) is 0 Å². The van der Waals surface area contributed by atoms with Crippen molar-refractivity contribution >= 4 is 11.7 Å². The van der Waals surface area contributed by atoms with E-state index in [0.717, 1.165) is 11.8 Å². The van der Waals surface area contributed by atoms with Crippen LogP contribution in [0.15, 0.2) is 0 Å². The summed E-state index contributed by atoms with van der Waals surface area (Å²) >= 11 is 0. The zero-order chi connectivity index (χ0) is 10.8. The van der Waals surface area contributed by atoms with Crippen molar-refractivity contribution in [2.24, 2.45) is 5.92 Å². The van der Waals surface area contributed by atoms with Crippen molar-refractivity contribution in [3.8, 4) is 0 Å². The van der Waals surface area contributed by atoms with Crippen LogP contribution in [0.2, 0.25) is 0 Å². The first-order chi connectivity index (χ1) is 5.68. The number of nitrogens with zero attached hydrogens (tertiary/aromatic N) is 1. The van der Waals surface area contributed by atoms with Gasteiger partial charge < -0.3 is 4.90 Å². The molecule has 0 bridgehead atoms. The Morgan fingerprint density at radius 2 is 1.62 bits per heavy atom. The number of amides is 1. The fraction of sp³-hybridized carbons (Fsp3) is 0.714. The number of ketones is 1. The van der Waals surface area contributed by atoms with E-state index in [9.17, 15) is 22.8 Å². The minimum Gasteiger partial charge on any atom is -0.348 e. The van der Waals surface area contributed by atoms with E-state index in [0.29, 0.717) is 0 Å². The molecule has 0 aromatic carbocycles. The molecule has 0 aliphatic carbocycles. The van der Waals surface area contributed by atoms with Gasteiger partial charge >= 0.3 is 6.18 Å². The van der Waals surface area contributed by atoms with Gasteiger partial charge in [0, 0.05) is 14.1 Å². The topological polar surface area (TPSA) is 37.4 Å². The van der Waals surface area contributed by atoms with Crippen LogP contribution in [0.5, 0.6) is 0 Å². The van der Waals surface area contributed by atoms with Crippen molar-refractivity contribution in [3.63, 3.8) is 0 Å². The fourth-order valence-corrected chi connectivity index (χ4v) is 0.803. The third-order valence-electron chi connectivity index (χ3n) is 1.42. The Bertz CT molecular complexity index is 222. The minimum atomic E-state index is -4.80. The Kier molecular flexibility index (Phi) is 3.45. The molecular weight excluding hydrogens is 187 g/mol. The molecule has 0 rings (SSSR count). The van der Waals surface area contributed by atoms with Gasteiger partial charge in [0.1, 0.15) is 0 Å². The molecule has 1 unspecified atom stereocenters. The molecule has 0 aliphatic heterocycles. The van der Waals surface area contributed by atoms with Gasteiger partial charge in [0.05, 0.1) is 0 Å². The lowest BCUT2D eigenvalue weighted by atomic mass is 10.0. The van der Waals surface area contributed by atoms with Crippen LogP contribution < -0.4 is 0 Å². The molecule has 0 saturated carbocycles. The van der Waals surface area contributed by atoms with Crippen LogP contribution in [-0.4, -0.2) is 36.9 Å². The van der Waals surface area contributed by atoms with Crippen LogP contribution in [0.1, 0.15) is 6.92 Å². The molecule has 1 amide bonds. The van der Waals surface area contributed by atoms with Crippen molar-refractivity contribution in [1.82, 2.24) is 4.90 Å². The second-order valence-corrected chi connectivity index (χ2v) is 2.82. The number of halogens is 3. The first-order valence-electron chi connectivity index (χ1n) is 3.46. The van der Waals surface area contributed by atoms with Gasteiger partial charge in [-0.05, 0) is 6.92 Å². The van der Waals surface area contributed by atoms with E-state index in [4.69, 9.17) is 0 Å². The molecule has 0 heterocycles. The Balaban J connectivity index is 4.84. The zero-order valence-corrected chi connectivity index (χ0v) is 7.47. The molecule has 3 nitrogen and oxygen atoms in total. The maximum absolute atomic E-state index is 12.1. The number of carbonyl (C=O) groups is 2. The van der Waals surface area contributed by atoms with Gasteiger partial charge in [-0.3, -0.25) is 9.59 Å². The van der Waals surface area contributed by atoms with E-state index in [1.807, 2.05) is 0 Å². The van der Waals surface area contributed by atoms with E-state index in [2.05, 4.69) is 0 Å². The lowest BCUT2D eigenvalue weighted by molar-refractivity contribution is -0.189. The summed E-state index contributed by atoms with van der Waals surface area (Å²) in [5.74, 6) is -4.95. The van der Waals surface area contributed by atoms with Crippen LogP contribution in [0.4, 0.5) is 13.2 Å². The van der Waals surface area contributed by atoms with E-state index >= 15 is 0 Å². The smallest absolute Gasteiger partial charge is 0.348 e. The highest BCUT2D eigenvalue weighted by molar-refractivity contribution is 6.00. The third kappa shape index (κ3) is 3.04. The standard InChI is InChI=1S/C7H10F3NO2/c1-4(12)5(7(8,9)10)6(13)11(2)3/h5H,1-3H3. The molecule has 0 spiro atoms. The van der Waals surface area contributed by atoms with E-state index in [-0.39, 0.29) is 0 Å². The molecule has 0 radical (unpaired) electrons. The zero-order valence-electron chi connectivity index (χ0n) is 7.47. The second kappa shape index (κ2) is 3.76. The summed E-state index contributed by atoms with van der Waals surface area (Å²) < 4.78 is 36.3. The number of carbonyl (C=O) groups excluding carboxylic acids is 2. The number of alkyl halides is 3. The van der Waals surface area contributed by atoms with E-state index in [1.165, 1.54) is 14.1 Å². The van der Waals surface area contributed by atoms with Crippen LogP contribution >= 0.6 is 0 Å². The van der Waals surface area contributed by atoms with Gasteiger partial charge in [-0.15, -0.1) is 0 Å². The molecule has 0 N–H and O–H groups in total. The van der Waals surface area contributed by atoms with E-state index in [1.54, 1.807) is 0 Å². The van der Waals surface area contributed by atoms with Crippen molar-refractivity contribution in [2.45, 2.75) is 13.1 Å². The monoisotopic (exact) mass is 197 g/mol. The molecule has 13 heavy (non-hydrogen) atoms. The largest absolute Gasteiger partial charge is 0.407 e. The van der Waals surface area contributed by atoms with Crippen molar-refractivity contribution in [3.05, 3.63) is 0 Å². The molecule has 0 aromatic rings. The molecule has 1 atom stereocenters. The number of Topliss-reactive ketones (excluding diaryl/α,β-unsaturated/α-hetero) is 1. The van der Waals surface area contributed by atoms with Crippen LogP contribution in [0.3, 0.4) is 0 Å². The Hall–Kier alpha value is -1.07. The summed E-state index contributed by atoms with van der Waals surface area (Å²) in [6, 6.07) is 0. The number of rotatable bonds is 2. The average Bonchev–Trinajstić information content (AvgIpc) is 1.82. The van der Waals surface area contributed by atoms with Crippen molar-refractivity contribution < 1.29 is 22.8 Å². The molecule has 0 aliphatic rings. The fourth-order valence-electron chi connectivity index (χ4n) is 0.803. The normalized spacial score (nSPS) is 13.7.